The maximum Gasteiger partial charge on any atom is 0.434 e. The van der Waals surface area contributed by atoms with Crippen molar-refractivity contribution in [3.8, 4) is 11.3 Å². The van der Waals surface area contributed by atoms with Crippen LogP contribution < -0.4 is 11.3 Å². The lowest BCUT2D eigenvalue weighted by atomic mass is 9.98. The molecule has 196 valence electrons. The fraction of sp³-hybridized carbons (Fsp3) is 0.348. The number of allylic oxidation sites excluding steroid dienone is 7. The zero-order valence-corrected chi connectivity index (χ0v) is 20.3. The molecule has 0 aromatic carbocycles. The van der Waals surface area contributed by atoms with Crippen LogP contribution >= 0.6 is 11.6 Å². The molecule has 0 aliphatic heterocycles. The van der Waals surface area contributed by atoms with Gasteiger partial charge in [0.05, 0.1) is 22.8 Å². The molecular formula is C23H25ClF5N5O2. The fourth-order valence-electron chi connectivity index (χ4n) is 3.40. The number of nitrogens with zero attached hydrogens (tertiary/aromatic N) is 3. The maximum atomic E-state index is 14.4. The smallest absolute Gasteiger partial charge is 0.355 e. The molecule has 3 N–H and O–H groups in total. The molecule has 7 nitrogen and oxygen atoms in total. The van der Waals surface area contributed by atoms with Crippen molar-refractivity contribution in [2.45, 2.75) is 44.7 Å². The quantitative estimate of drug-likeness (QED) is 0.0893. The summed E-state index contributed by atoms with van der Waals surface area (Å²) in [4.78, 5) is 12.6. The number of aromatic nitrogens is 3. The summed E-state index contributed by atoms with van der Waals surface area (Å²) >= 11 is 6.23. The molecule has 0 aliphatic rings. The number of carbonyl (C=O) groups excluding carboxylic acids is 1. The summed E-state index contributed by atoms with van der Waals surface area (Å²) in [6, 6.07) is 0. The van der Waals surface area contributed by atoms with Gasteiger partial charge in [0.25, 0.3) is 5.91 Å². The standard InChI is InChI=1S/C23H25ClF5N5O2/c1-4-6-7-8-10-14(11-25)34-21(23(27,28)29)15(12-31-34)20-18(22(35)32-30)19(33-36-20)17(13(3)26)16(24)9-5-2/h5-7,10,12,16H,2,4,8-9,11,30H2,1,3H3,(H,32,35)/b7-6-,14-10+,17-13-. The van der Waals surface area contributed by atoms with Crippen molar-refractivity contribution in [2.75, 3.05) is 6.67 Å². The summed E-state index contributed by atoms with van der Waals surface area (Å²) in [5.74, 6) is 2.57. The molecule has 0 spiro atoms. The van der Waals surface area contributed by atoms with E-state index in [1.807, 2.05) is 6.92 Å². The summed E-state index contributed by atoms with van der Waals surface area (Å²) in [5, 5.41) is 6.27. The summed E-state index contributed by atoms with van der Waals surface area (Å²) in [5.41, 5.74) is -2.08. The third kappa shape index (κ3) is 6.30. The van der Waals surface area contributed by atoms with E-state index in [0.717, 1.165) is 13.1 Å². The molecule has 2 aromatic heterocycles. The number of alkyl halides is 5. The van der Waals surface area contributed by atoms with Crippen molar-refractivity contribution >= 4 is 28.8 Å². The lowest BCUT2D eigenvalue weighted by Gasteiger charge is -2.14. The van der Waals surface area contributed by atoms with E-state index in [0.29, 0.717) is 11.1 Å². The van der Waals surface area contributed by atoms with Gasteiger partial charge in [-0.15, -0.1) is 18.2 Å². The number of nitrogen functional groups attached to an aromatic ring is 1. The van der Waals surface area contributed by atoms with Crippen LogP contribution in [0.2, 0.25) is 0 Å². The zero-order chi connectivity index (χ0) is 27.0. The molecule has 0 fully saturated rings. The van der Waals surface area contributed by atoms with Crippen LogP contribution in [0.1, 0.15) is 54.9 Å². The van der Waals surface area contributed by atoms with Crippen molar-refractivity contribution < 1.29 is 31.3 Å². The van der Waals surface area contributed by atoms with Gasteiger partial charge in [-0.25, -0.2) is 19.3 Å². The van der Waals surface area contributed by atoms with E-state index in [1.54, 1.807) is 17.6 Å². The number of hydrazine groups is 1. The number of carbonyl (C=O) groups is 1. The fourth-order valence-corrected chi connectivity index (χ4v) is 3.78. The highest BCUT2D eigenvalue weighted by molar-refractivity contribution is 6.27. The Labute approximate surface area is 209 Å². The largest absolute Gasteiger partial charge is 0.434 e. The summed E-state index contributed by atoms with van der Waals surface area (Å²) in [7, 11) is 0. The van der Waals surface area contributed by atoms with Gasteiger partial charge in [-0.05, 0) is 26.2 Å². The first-order valence-electron chi connectivity index (χ1n) is 10.7. The van der Waals surface area contributed by atoms with Crippen LogP contribution in [-0.4, -0.2) is 32.9 Å². The number of hydrogen-bond acceptors (Lipinski definition) is 5. The molecular weight excluding hydrogens is 509 g/mol. The van der Waals surface area contributed by atoms with Gasteiger partial charge in [0.1, 0.15) is 23.8 Å². The molecule has 0 aliphatic carbocycles. The van der Waals surface area contributed by atoms with Crippen molar-refractivity contribution in [3.05, 3.63) is 59.9 Å². The Morgan fingerprint density at radius 3 is 2.61 bits per heavy atom. The Morgan fingerprint density at radius 1 is 1.39 bits per heavy atom. The predicted octanol–water partition coefficient (Wildman–Crippen LogP) is 6.21. The van der Waals surface area contributed by atoms with Crippen LogP contribution in [0.15, 0.2) is 47.4 Å². The molecule has 1 amide bonds. The molecule has 2 heterocycles. The highest BCUT2D eigenvalue weighted by Crippen LogP contribution is 2.42. The van der Waals surface area contributed by atoms with Gasteiger partial charge in [0.15, 0.2) is 11.5 Å². The average Bonchev–Trinajstić information content (AvgIpc) is 3.43. The lowest BCUT2D eigenvalue weighted by molar-refractivity contribution is -0.142. The van der Waals surface area contributed by atoms with E-state index in [2.05, 4.69) is 16.8 Å². The van der Waals surface area contributed by atoms with Crippen LogP contribution in [-0.2, 0) is 6.18 Å². The predicted molar refractivity (Wildman–Crippen MR) is 127 cm³/mol. The number of halogens is 6. The van der Waals surface area contributed by atoms with Gasteiger partial charge in [0.2, 0.25) is 0 Å². The molecule has 0 saturated carbocycles. The molecule has 36 heavy (non-hydrogen) atoms. The van der Waals surface area contributed by atoms with Crippen LogP contribution in [0.3, 0.4) is 0 Å². The van der Waals surface area contributed by atoms with Crippen LogP contribution in [0, 0.1) is 0 Å². The minimum atomic E-state index is -5.06. The Morgan fingerprint density at radius 2 is 2.08 bits per heavy atom. The lowest BCUT2D eigenvalue weighted by Crippen LogP contribution is -2.31. The maximum absolute atomic E-state index is 14.4. The second-order valence-electron chi connectivity index (χ2n) is 7.41. The molecule has 0 bridgehead atoms. The van der Waals surface area contributed by atoms with E-state index in [-0.39, 0.29) is 24.1 Å². The third-order valence-electron chi connectivity index (χ3n) is 4.95. The molecule has 2 aromatic rings. The Kier molecular flexibility index (Phi) is 10.2. The molecule has 1 atom stereocenters. The zero-order valence-electron chi connectivity index (χ0n) is 19.5. The average molecular weight is 534 g/mol. The number of rotatable bonds is 11. The van der Waals surface area contributed by atoms with E-state index in [4.69, 9.17) is 22.0 Å². The summed E-state index contributed by atoms with van der Waals surface area (Å²) < 4.78 is 76.3. The molecule has 1 unspecified atom stereocenters. The van der Waals surface area contributed by atoms with Crippen molar-refractivity contribution in [3.63, 3.8) is 0 Å². The Bertz CT molecular complexity index is 1180. The Hall–Kier alpha value is -3.25. The minimum absolute atomic E-state index is 0.0485. The SMILES string of the molecule is C=CCC(Cl)/C(=C(\C)F)c1noc(-c2cnn(/C(=C/C/C=C\CC)CF)c2C(F)(F)F)c1C(=O)NN. The third-order valence-corrected chi connectivity index (χ3v) is 5.34. The van der Waals surface area contributed by atoms with Crippen LogP contribution in [0.25, 0.3) is 22.6 Å². The highest BCUT2D eigenvalue weighted by atomic mass is 35.5. The van der Waals surface area contributed by atoms with Gasteiger partial charge in [-0.2, -0.15) is 18.3 Å². The van der Waals surface area contributed by atoms with Crippen molar-refractivity contribution in [1.82, 2.24) is 20.4 Å². The molecule has 13 heteroatoms. The van der Waals surface area contributed by atoms with E-state index in [1.165, 1.54) is 12.2 Å². The highest BCUT2D eigenvalue weighted by Gasteiger charge is 2.42. The van der Waals surface area contributed by atoms with Crippen molar-refractivity contribution in [2.24, 2.45) is 5.84 Å². The summed E-state index contributed by atoms with van der Waals surface area (Å²) in [6.45, 7) is 5.16. The van der Waals surface area contributed by atoms with E-state index < -0.39 is 58.2 Å². The topological polar surface area (TPSA) is 99.0 Å². The van der Waals surface area contributed by atoms with Crippen LogP contribution in [0.5, 0.6) is 0 Å². The number of nitrogens with two attached hydrogens (primary N) is 1. The van der Waals surface area contributed by atoms with Gasteiger partial charge in [-0.1, -0.05) is 36.4 Å². The van der Waals surface area contributed by atoms with Gasteiger partial charge in [0, 0.05) is 5.57 Å². The Balaban J connectivity index is 2.82. The second kappa shape index (κ2) is 12.6. The molecule has 2 rings (SSSR count). The second-order valence-corrected chi connectivity index (χ2v) is 7.94. The number of nitrogens with one attached hydrogen (secondary N) is 1. The molecule has 0 radical (unpaired) electrons. The normalized spacial score (nSPS) is 14.2. The number of hydrogen-bond donors (Lipinski definition) is 2. The van der Waals surface area contributed by atoms with Crippen molar-refractivity contribution in [1.29, 1.82) is 0 Å². The first-order chi connectivity index (χ1) is 17.0. The number of amides is 1. The monoisotopic (exact) mass is 533 g/mol. The van der Waals surface area contributed by atoms with E-state index >= 15 is 0 Å². The minimum Gasteiger partial charge on any atom is -0.355 e. The van der Waals surface area contributed by atoms with Gasteiger partial charge < -0.3 is 4.52 Å². The molecule has 0 saturated heterocycles. The van der Waals surface area contributed by atoms with E-state index in [9.17, 15) is 26.7 Å². The summed E-state index contributed by atoms with van der Waals surface area (Å²) in [6.07, 6.45) is 2.67. The first-order valence-corrected chi connectivity index (χ1v) is 11.1. The van der Waals surface area contributed by atoms with Gasteiger partial charge >= 0.3 is 6.18 Å². The first kappa shape index (κ1) is 29.0. The van der Waals surface area contributed by atoms with Gasteiger partial charge in [-0.3, -0.25) is 10.2 Å². The van der Waals surface area contributed by atoms with Crippen LogP contribution in [0.4, 0.5) is 22.0 Å².